The van der Waals surface area contributed by atoms with Crippen molar-refractivity contribution in [3.8, 4) is 0 Å². The molecule has 8 nitrogen and oxygen atoms in total. The van der Waals surface area contributed by atoms with Crippen molar-refractivity contribution in [1.82, 2.24) is 4.90 Å². The van der Waals surface area contributed by atoms with Crippen molar-refractivity contribution in [3.05, 3.63) is 71.8 Å². The number of nitrogens with zero attached hydrogens (tertiary/aromatic N) is 1. The van der Waals surface area contributed by atoms with E-state index in [2.05, 4.69) is 29.2 Å². The molecule has 0 N–H and O–H groups in total. The number of esters is 1. The first kappa shape index (κ1) is 24.0. The summed E-state index contributed by atoms with van der Waals surface area (Å²) < 4.78 is 37.1. The average molecular weight is 496 g/mol. The first-order chi connectivity index (χ1) is 17.2. The van der Waals surface area contributed by atoms with Gasteiger partial charge in [0.1, 0.15) is 12.2 Å². The molecule has 4 fully saturated rings. The maximum absolute atomic E-state index is 13.4. The van der Waals surface area contributed by atoms with Gasteiger partial charge in [-0.15, -0.1) is 0 Å². The fraction of sp³-hybridized carbons (Fsp3) is 0.536. The van der Waals surface area contributed by atoms with Crippen LogP contribution in [0.1, 0.15) is 38.8 Å². The number of benzene rings is 2. The van der Waals surface area contributed by atoms with Crippen LogP contribution in [0.5, 0.6) is 0 Å². The van der Waals surface area contributed by atoms with Gasteiger partial charge < -0.3 is 28.4 Å². The normalized spacial score (nSPS) is 36.1. The Labute approximate surface area is 211 Å². The van der Waals surface area contributed by atoms with Crippen LogP contribution in [0.3, 0.4) is 0 Å². The van der Waals surface area contributed by atoms with Crippen LogP contribution in [0.2, 0.25) is 0 Å². The lowest BCUT2D eigenvalue weighted by Crippen LogP contribution is -2.77. The second-order valence-corrected chi connectivity index (χ2v) is 10.9. The zero-order valence-corrected chi connectivity index (χ0v) is 21.1. The Balaban J connectivity index is 1.39. The summed E-state index contributed by atoms with van der Waals surface area (Å²) in [7, 11) is 0. The maximum Gasteiger partial charge on any atom is 0.328 e. The Bertz CT molecular complexity index is 1070. The van der Waals surface area contributed by atoms with Crippen LogP contribution in [-0.2, 0) is 46.3 Å². The molecule has 2 aromatic rings. The van der Waals surface area contributed by atoms with Gasteiger partial charge in [-0.1, -0.05) is 60.7 Å². The Morgan fingerprint density at radius 1 is 0.806 bits per heavy atom. The molecule has 6 atom stereocenters. The first-order valence-electron chi connectivity index (χ1n) is 12.5. The minimum Gasteiger partial charge on any atom is -0.450 e. The van der Waals surface area contributed by atoms with E-state index in [9.17, 15) is 4.79 Å². The molecular formula is C28H33NO7. The number of ether oxygens (including phenoxy) is 6. The Hall–Kier alpha value is -2.33. The highest BCUT2D eigenvalue weighted by molar-refractivity contribution is 5.85. The Morgan fingerprint density at radius 3 is 1.94 bits per heavy atom. The van der Waals surface area contributed by atoms with Crippen LogP contribution in [-0.4, -0.2) is 65.3 Å². The molecule has 8 heteroatoms. The molecule has 4 aliphatic rings. The predicted molar refractivity (Wildman–Crippen MR) is 128 cm³/mol. The van der Waals surface area contributed by atoms with Gasteiger partial charge in [-0.2, -0.15) is 0 Å². The van der Waals surface area contributed by atoms with Crippen LogP contribution < -0.4 is 0 Å². The molecule has 0 saturated carbocycles. The van der Waals surface area contributed by atoms with E-state index in [-0.39, 0.29) is 5.97 Å². The van der Waals surface area contributed by atoms with Crippen LogP contribution in [0.4, 0.5) is 0 Å². The molecule has 1 spiro atoms. The number of fused-ring (bicyclic) bond motifs is 2. The molecule has 0 unspecified atom stereocenters. The summed E-state index contributed by atoms with van der Waals surface area (Å²) in [5.74, 6) is -1.93. The van der Waals surface area contributed by atoms with E-state index in [0.717, 1.165) is 11.1 Å². The molecular weight excluding hydrogens is 462 g/mol. The van der Waals surface area contributed by atoms with Crippen molar-refractivity contribution in [1.29, 1.82) is 0 Å². The van der Waals surface area contributed by atoms with Gasteiger partial charge in [0.05, 0.1) is 6.61 Å². The molecule has 6 rings (SSSR count). The van der Waals surface area contributed by atoms with Crippen LogP contribution in [0.15, 0.2) is 60.7 Å². The van der Waals surface area contributed by atoms with Crippen molar-refractivity contribution in [2.24, 2.45) is 0 Å². The molecule has 4 aliphatic heterocycles. The molecule has 4 saturated heterocycles. The molecule has 0 amide bonds. The van der Waals surface area contributed by atoms with Crippen LogP contribution in [0, 0.1) is 0 Å². The fourth-order valence-corrected chi connectivity index (χ4v) is 5.94. The third kappa shape index (κ3) is 4.06. The van der Waals surface area contributed by atoms with Gasteiger partial charge in [-0.05, 0) is 38.8 Å². The molecule has 0 aliphatic carbocycles. The topological polar surface area (TPSA) is 75.7 Å². The molecule has 0 radical (unpaired) electrons. The van der Waals surface area contributed by atoms with Gasteiger partial charge in [0, 0.05) is 13.1 Å². The van der Waals surface area contributed by atoms with Gasteiger partial charge in [0.25, 0.3) is 0 Å². The third-order valence-electron chi connectivity index (χ3n) is 7.35. The van der Waals surface area contributed by atoms with E-state index in [1.54, 1.807) is 0 Å². The minimum absolute atomic E-state index is 0.303. The predicted octanol–water partition coefficient (Wildman–Crippen LogP) is 3.38. The van der Waals surface area contributed by atoms with Gasteiger partial charge in [-0.25, -0.2) is 0 Å². The molecule has 4 heterocycles. The van der Waals surface area contributed by atoms with E-state index >= 15 is 0 Å². The van der Waals surface area contributed by atoms with Gasteiger partial charge in [0.15, 0.2) is 35.6 Å². The lowest BCUT2D eigenvalue weighted by Gasteiger charge is -2.54. The monoisotopic (exact) mass is 495 g/mol. The van der Waals surface area contributed by atoms with E-state index in [1.165, 1.54) is 0 Å². The summed E-state index contributed by atoms with van der Waals surface area (Å²) in [6, 6.07) is 19.6. The van der Waals surface area contributed by atoms with Crippen molar-refractivity contribution < 1.29 is 33.2 Å². The summed E-state index contributed by atoms with van der Waals surface area (Å²) in [4.78, 5) is 15.5. The summed E-state index contributed by atoms with van der Waals surface area (Å²) in [5.41, 5.74) is 1.09. The van der Waals surface area contributed by atoms with Crippen molar-refractivity contribution in [2.45, 2.75) is 88.6 Å². The van der Waals surface area contributed by atoms with E-state index in [4.69, 9.17) is 28.4 Å². The lowest BCUT2D eigenvalue weighted by molar-refractivity contribution is -0.289. The fourth-order valence-electron chi connectivity index (χ4n) is 5.94. The molecule has 36 heavy (non-hydrogen) atoms. The van der Waals surface area contributed by atoms with Crippen molar-refractivity contribution in [2.75, 3.05) is 6.61 Å². The maximum atomic E-state index is 13.4. The van der Waals surface area contributed by atoms with Crippen molar-refractivity contribution in [3.63, 3.8) is 0 Å². The highest BCUT2D eigenvalue weighted by Gasteiger charge is 2.78. The van der Waals surface area contributed by atoms with E-state index < -0.39 is 47.8 Å². The Morgan fingerprint density at radius 2 is 1.42 bits per heavy atom. The van der Waals surface area contributed by atoms with Gasteiger partial charge >= 0.3 is 5.97 Å². The average Bonchev–Trinajstić information content (AvgIpc) is 3.43. The van der Waals surface area contributed by atoms with Crippen LogP contribution in [0.25, 0.3) is 0 Å². The van der Waals surface area contributed by atoms with E-state index in [0.29, 0.717) is 19.7 Å². The molecule has 0 bridgehead atoms. The quantitative estimate of drug-likeness (QED) is 0.565. The SMILES string of the molecule is CC1(C)OC[C@H]([C@H]2O[C@@H]3OC(C)(C)O[C@@H]3[C@@]23OC(=O)[C@H]3N(Cc2ccccc2)Cc2ccccc2)O1. The van der Waals surface area contributed by atoms with Crippen LogP contribution >= 0.6 is 0 Å². The molecule has 2 aromatic carbocycles. The lowest BCUT2D eigenvalue weighted by atomic mass is 9.76. The summed E-state index contributed by atoms with van der Waals surface area (Å²) in [6.07, 6.45) is -2.32. The second kappa shape index (κ2) is 8.62. The Kier molecular flexibility index (Phi) is 5.75. The number of carbonyl (C=O) groups is 1. The second-order valence-electron chi connectivity index (χ2n) is 10.9. The highest BCUT2D eigenvalue weighted by Crippen LogP contribution is 2.54. The van der Waals surface area contributed by atoms with Crippen molar-refractivity contribution >= 4 is 5.97 Å². The third-order valence-corrected chi connectivity index (χ3v) is 7.35. The first-order valence-corrected chi connectivity index (χ1v) is 12.5. The number of carbonyl (C=O) groups excluding carboxylic acids is 1. The summed E-state index contributed by atoms with van der Waals surface area (Å²) in [6.45, 7) is 8.86. The largest absolute Gasteiger partial charge is 0.450 e. The zero-order chi connectivity index (χ0) is 25.1. The minimum atomic E-state index is -1.10. The molecule has 0 aromatic heterocycles. The summed E-state index contributed by atoms with van der Waals surface area (Å²) in [5, 5.41) is 0. The van der Waals surface area contributed by atoms with Gasteiger partial charge in [0.2, 0.25) is 0 Å². The molecule has 192 valence electrons. The van der Waals surface area contributed by atoms with E-state index in [1.807, 2.05) is 64.1 Å². The highest BCUT2D eigenvalue weighted by atomic mass is 16.9. The number of hydrogen-bond acceptors (Lipinski definition) is 8. The zero-order valence-electron chi connectivity index (χ0n) is 21.1. The number of hydrogen-bond donors (Lipinski definition) is 0. The van der Waals surface area contributed by atoms with Gasteiger partial charge in [-0.3, -0.25) is 9.69 Å². The standard InChI is InChI=1S/C28H33NO7/c1-26(2)31-17-20(33-26)22-28(23-25(32-22)36-27(3,4)34-23)21(24(30)35-28)29(15-18-11-7-5-8-12-18)16-19-13-9-6-10-14-19/h5-14,20-23,25H,15-17H2,1-4H3/t20-,21-,22-,23+,25-,28+/m1/s1. The smallest absolute Gasteiger partial charge is 0.328 e. The summed E-state index contributed by atoms with van der Waals surface area (Å²) >= 11 is 0. The number of rotatable bonds is 6.